The minimum absolute atomic E-state index is 0.0455. The van der Waals surface area contributed by atoms with Gasteiger partial charge in [0, 0.05) is 17.5 Å². The Labute approximate surface area is 168 Å². The fourth-order valence-electron chi connectivity index (χ4n) is 3.23. The predicted octanol–water partition coefficient (Wildman–Crippen LogP) is 1.04. The van der Waals surface area contributed by atoms with Gasteiger partial charge in [0.2, 0.25) is 5.91 Å². The van der Waals surface area contributed by atoms with Gasteiger partial charge in [0.15, 0.2) is 0 Å². The lowest BCUT2D eigenvalue weighted by Gasteiger charge is -2.49. The van der Waals surface area contributed by atoms with Crippen molar-refractivity contribution in [3.63, 3.8) is 0 Å². The van der Waals surface area contributed by atoms with Crippen LogP contribution in [0.3, 0.4) is 0 Å². The molecule has 1 saturated heterocycles. The maximum atomic E-state index is 12.7. The first-order chi connectivity index (χ1) is 13.5. The van der Waals surface area contributed by atoms with Crippen LogP contribution in [-0.4, -0.2) is 49.9 Å². The second-order valence-electron chi connectivity index (χ2n) is 6.28. The summed E-state index contributed by atoms with van der Waals surface area (Å²) in [6, 6.07) is 7.15. The number of amides is 2. The molecule has 0 aliphatic carbocycles. The molecule has 144 valence electrons. The van der Waals surface area contributed by atoms with E-state index in [1.165, 1.54) is 28.0 Å². The molecule has 2 amide bonds. The molecule has 1 aromatic heterocycles. The lowest BCUT2D eigenvalue weighted by Crippen LogP contribution is -2.70. The zero-order chi connectivity index (χ0) is 19.8. The number of thioether (sulfide) groups is 1. The number of thiazole rings is 1. The molecule has 10 heteroatoms. The van der Waals surface area contributed by atoms with Crippen LogP contribution in [0.15, 0.2) is 47.7 Å². The number of fused-ring (bicyclic) bond motifs is 1. The second kappa shape index (κ2) is 7.38. The summed E-state index contributed by atoms with van der Waals surface area (Å²) in [5, 5.41) is 11.9. The van der Waals surface area contributed by atoms with Crippen LogP contribution in [0.5, 0.6) is 0 Å². The monoisotopic (exact) mass is 416 g/mol. The van der Waals surface area contributed by atoms with Gasteiger partial charge in [0.25, 0.3) is 5.91 Å². The first-order valence-corrected chi connectivity index (χ1v) is 10.3. The molecule has 0 spiro atoms. The van der Waals surface area contributed by atoms with Crippen LogP contribution in [-0.2, 0) is 14.4 Å². The molecule has 0 saturated carbocycles. The van der Waals surface area contributed by atoms with E-state index in [0.29, 0.717) is 16.9 Å². The summed E-state index contributed by atoms with van der Waals surface area (Å²) in [5.74, 6) is -1.69. The standard InChI is InChI=1S/C18H16N4O4S2/c19-12(9-4-2-1-3-5-9)15(23)21-13-16(24)22-14(18(25)26)10(7-27-17(13)22)11-6-20-8-28-11/h1-6,8,12-13,17H,7,19H2,(H,21,23)(H,25,26). The Balaban J connectivity index is 1.53. The van der Waals surface area contributed by atoms with Crippen molar-refractivity contribution >= 4 is 46.5 Å². The van der Waals surface area contributed by atoms with Crippen molar-refractivity contribution in [3.05, 3.63) is 58.2 Å². The quantitative estimate of drug-likeness (QED) is 0.622. The summed E-state index contributed by atoms with van der Waals surface area (Å²) in [4.78, 5) is 42.9. The van der Waals surface area contributed by atoms with Crippen LogP contribution < -0.4 is 11.1 Å². The third-order valence-corrected chi connectivity index (χ3v) is 6.75. The topological polar surface area (TPSA) is 126 Å². The summed E-state index contributed by atoms with van der Waals surface area (Å²) in [6.45, 7) is 0. The van der Waals surface area contributed by atoms with E-state index in [-0.39, 0.29) is 5.70 Å². The van der Waals surface area contributed by atoms with Crippen LogP contribution in [0.4, 0.5) is 0 Å². The highest BCUT2D eigenvalue weighted by Gasteiger charge is 2.54. The van der Waals surface area contributed by atoms with Crippen molar-refractivity contribution in [3.8, 4) is 0 Å². The maximum Gasteiger partial charge on any atom is 0.353 e. The van der Waals surface area contributed by atoms with Crippen LogP contribution in [0, 0.1) is 0 Å². The lowest BCUT2D eigenvalue weighted by atomic mass is 10.0. The van der Waals surface area contributed by atoms with Gasteiger partial charge in [-0.25, -0.2) is 4.79 Å². The summed E-state index contributed by atoms with van der Waals surface area (Å²) in [6.07, 6.45) is 1.59. The Bertz CT molecular complexity index is 961. The number of nitrogens with one attached hydrogen (secondary N) is 1. The molecule has 3 unspecified atom stereocenters. The molecule has 2 aliphatic rings. The highest BCUT2D eigenvalue weighted by molar-refractivity contribution is 8.00. The first kappa shape index (κ1) is 18.7. The highest BCUT2D eigenvalue weighted by atomic mass is 32.2. The number of benzene rings is 1. The van der Waals surface area contributed by atoms with E-state index in [4.69, 9.17) is 5.73 Å². The molecule has 0 bridgehead atoms. The van der Waals surface area contributed by atoms with Gasteiger partial charge >= 0.3 is 5.97 Å². The number of carboxylic acid groups (broad SMARTS) is 1. The van der Waals surface area contributed by atoms with E-state index in [2.05, 4.69) is 10.3 Å². The van der Waals surface area contributed by atoms with Crippen molar-refractivity contribution in [1.29, 1.82) is 0 Å². The molecule has 3 heterocycles. The maximum absolute atomic E-state index is 12.7. The average molecular weight is 416 g/mol. The molecule has 2 aromatic rings. The molecule has 28 heavy (non-hydrogen) atoms. The minimum atomic E-state index is -1.17. The third kappa shape index (κ3) is 3.09. The van der Waals surface area contributed by atoms with E-state index in [0.717, 1.165) is 4.88 Å². The molecule has 0 radical (unpaired) electrons. The van der Waals surface area contributed by atoms with Gasteiger partial charge < -0.3 is 16.2 Å². The van der Waals surface area contributed by atoms with E-state index < -0.39 is 35.2 Å². The fourth-order valence-corrected chi connectivity index (χ4v) is 5.35. The zero-order valence-electron chi connectivity index (χ0n) is 14.4. The summed E-state index contributed by atoms with van der Waals surface area (Å²) in [7, 11) is 0. The van der Waals surface area contributed by atoms with Crippen molar-refractivity contribution in [2.75, 3.05) is 5.75 Å². The summed E-state index contributed by atoms with van der Waals surface area (Å²) >= 11 is 2.73. The average Bonchev–Trinajstić information content (AvgIpc) is 3.25. The third-order valence-electron chi connectivity index (χ3n) is 4.64. The van der Waals surface area contributed by atoms with Gasteiger partial charge in [-0.05, 0) is 5.56 Å². The Hall–Kier alpha value is -2.69. The molecule has 4 N–H and O–H groups in total. The van der Waals surface area contributed by atoms with Crippen LogP contribution in [0.1, 0.15) is 16.5 Å². The number of hydrogen-bond donors (Lipinski definition) is 3. The second-order valence-corrected chi connectivity index (χ2v) is 8.27. The van der Waals surface area contributed by atoms with Crippen LogP contribution in [0.2, 0.25) is 0 Å². The van der Waals surface area contributed by atoms with Crippen molar-refractivity contribution in [1.82, 2.24) is 15.2 Å². The molecular formula is C18H16N4O4S2. The normalized spacial score (nSPS) is 22.3. The van der Waals surface area contributed by atoms with E-state index >= 15 is 0 Å². The Morgan fingerprint density at radius 3 is 2.71 bits per heavy atom. The summed E-state index contributed by atoms with van der Waals surface area (Å²) < 4.78 is 0. The number of nitrogens with zero attached hydrogens (tertiary/aromatic N) is 2. The van der Waals surface area contributed by atoms with Gasteiger partial charge in [0.1, 0.15) is 23.2 Å². The lowest BCUT2D eigenvalue weighted by molar-refractivity contribution is -0.150. The molecular weight excluding hydrogens is 400 g/mol. The smallest absolute Gasteiger partial charge is 0.353 e. The molecule has 4 rings (SSSR count). The Morgan fingerprint density at radius 2 is 2.07 bits per heavy atom. The van der Waals surface area contributed by atoms with E-state index in [1.54, 1.807) is 36.0 Å². The highest BCUT2D eigenvalue weighted by Crippen LogP contribution is 2.43. The van der Waals surface area contributed by atoms with Crippen LogP contribution in [0.25, 0.3) is 5.57 Å². The number of nitrogens with two attached hydrogens (primary N) is 1. The van der Waals surface area contributed by atoms with E-state index in [1.807, 2.05) is 6.07 Å². The minimum Gasteiger partial charge on any atom is -0.477 e. The number of β-lactam (4-membered cyclic amide) rings is 1. The van der Waals surface area contributed by atoms with Gasteiger partial charge in [0.05, 0.1) is 10.4 Å². The van der Waals surface area contributed by atoms with Crippen LogP contribution >= 0.6 is 23.1 Å². The number of carbonyl (C=O) groups excluding carboxylic acids is 2. The number of carboxylic acids is 1. The largest absolute Gasteiger partial charge is 0.477 e. The first-order valence-electron chi connectivity index (χ1n) is 8.40. The van der Waals surface area contributed by atoms with Gasteiger partial charge in [-0.3, -0.25) is 19.5 Å². The van der Waals surface area contributed by atoms with E-state index in [9.17, 15) is 19.5 Å². The molecule has 1 fully saturated rings. The Kier molecular flexibility index (Phi) is 4.92. The number of hydrogen-bond acceptors (Lipinski definition) is 7. The SMILES string of the molecule is NC(C(=O)NC1C(=O)N2C(C(=O)O)=C(c3cncs3)CSC12)c1ccccc1. The van der Waals surface area contributed by atoms with Gasteiger partial charge in [-0.15, -0.1) is 23.1 Å². The number of aromatic nitrogens is 1. The molecule has 3 atom stereocenters. The van der Waals surface area contributed by atoms with Crippen molar-refractivity contribution in [2.45, 2.75) is 17.5 Å². The van der Waals surface area contributed by atoms with Gasteiger partial charge in [-0.1, -0.05) is 30.3 Å². The number of carbonyl (C=O) groups is 3. The number of aliphatic carboxylic acids is 1. The number of rotatable bonds is 5. The molecule has 1 aromatic carbocycles. The van der Waals surface area contributed by atoms with Crippen molar-refractivity contribution < 1.29 is 19.5 Å². The molecule has 2 aliphatic heterocycles. The zero-order valence-corrected chi connectivity index (χ0v) is 16.1. The van der Waals surface area contributed by atoms with Crippen molar-refractivity contribution in [2.24, 2.45) is 5.73 Å². The molecule has 8 nitrogen and oxygen atoms in total. The Morgan fingerprint density at radius 1 is 1.32 bits per heavy atom. The predicted molar refractivity (Wildman–Crippen MR) is 105 cm³/mol. The summed E-state index contributed by atoms with van der Waals surface area (Å²) in [5.41, 5.74) is 8.76. The van der Waals surface area contributed by atoms with Gasteiger partial charge in [-0.2, -0.15) is 0 Å². The fraction of sp³-hybridized carbons (Fsp3) is 0.222.